The molecule has 0 amide bonds. The van der Waals surface area contributed by atoms with Crippen molar-refractivity contribution >= 4 is 10.9 Å². The van der Waals surface area contributed by atoms with Crippen molar-refractivity contribution in [3.63, 3.8) is 0 Å². The summed E-state index contributed by atoms with van der Waals surface area (Å²) in [4.78, 5) is 14.3. The first-order chi connectivity index (χ1) is 7.41. The Bertz CT molecular complexity index is 598. The summed E-state index contributed by atoms with van der Waals surface area (Å²) >= 11 is 0. The van der Waals surface area contributed by atoms with Crippen LogP contribution < -0.4 is 5.43 Å². The van der Waals surface area contributed by atoms with Crippen molar-refractivity contribution in [2.24, 2.45) is 0 Å². The lowest BCUT2D eigenvalue weighted by Crippen LogP contribution is -2.14. The number of hydrogen-bond acceptors (Lipinski definition) is 1. The molecule has 0 bridgehead atoms. The Balaban J connectivity index is 2.97. The molecule has 0 aliphatic rings. The molecule has 0 saturated heterocycles. The van der Waals surface area contributed by atoms with E-state index >= 15 is 0 Å². The smallest absolute Gasteiger partial charge is 0.361 e. The van der Waals surface area contributed by atoms with E-state index in [0.29, 0.717) is 0 Å². The molecule has 16 heavy (non-hydrogen) atoms. The fourth-order valence-corrected chi connectivity index (χ4v) is 1.60. The van der Waals surface area contributed by atoms with E-state index in [0.717, 1.165) is 6.07 Å². The second kappa shape index (κ2) is 3.37. The van der Waals surface area contributed by atoms with E-state index in [-0.39, 0.29) is 16.5 Å². The number of rotatable bonds is 0. The van der Waals surface area contributed by atoms with Gasteiger partial charge in [0.2, 0.25) is 0 Å². The van der Waals surface area contributed by atoms with E-state index in [1.54, 1.807) is 0 Å². The maximum Gasteiger partial charge on any atom is 0.417 e. The van der Waals surface area contributed by atoms with Crippen LogP contribution in [0.5, 0.6) is 0 Å². The number of halogens is 3. The van der Waals surface area contributed by atoms with Gasteiger partial charge in [-0.15, -0.1) is 0 Å². The number of H-pyrrole nitrogens is 1. The Morgan fingerprint density at radius 3 is 2.56 bits per heavy atom. The Kier molecular flexibility index (Phi) is 2.26. The summed E-state index contributed by atoms with van der Waals surface area (Å²) < 4.78 is 38.0. The van der Waals surface area contributed by atoms with Gasteiger partial charge in [-0.2, -0.15) is 13.2 Å². The minimum absolute atomic E-state index is 0.199. The topological polar surface area (TPSA) is 32.9 Å². The molecule has 1 heterocycles. The van der Waals surface area contributed by atoms with Crippen LogP contribution in [0.15, 0.2) is 29.2 Å². The van der Waals surface area contributed by atoms with Gasteiger partial charge in [-0.3, -0.25) is 4.79 Å². The molecule has 1 N–H and O–H groups in total. The maximum absolute atomic E-state index is 12.7. The molecule has 0 aliphatic carbocycles. The van der Waals surface area contributed by atoms with E-state index in [4.69, 9.17) is 0 Å². The van der Waals surface area contributed by atoms with Crippen molar-refractivity contribution in [3.05, 3.63) is 45.7 Å². The molecule has 0 radical (unpaired) electrons. The molecule has 84 valence electrons. The monoisotopic (exact) mass is 227 g/mol. The first kappa shape index (κ1) is 10.7. The molecule has 2 aromatic rings. The van der Waals surface area contributed by atoms with Crippen LogP contribution in [0, 0.1) is 6.92 Å². The van der Waals surface area contributed by atoms with Crippen molar-refractivity contribution in [3.8, 4) is 0 Å². The van der Waals surface area contributed by atoms with Crippen LogP contribution in [-0.2, 0) is 6.18 Å². The highest BCUT2D eigenvalue weighted by Gasteiger charge is 2.33. The Hall–Kier alpha value is -1.78. The number of nitrogens with one attached hydrogen (secondary N) is 1. The first-order valence-corrected chi connectivity index (χ1v) is 4.59. The molecule has 1 aromatic carbocycles. The van der Waals surface area contributed by atoms with Crippen LogP contribution in [0.25, 0.3) is 10.9 Å². The highest BCUT2D eigenvalue weighted by atomic mass is 19.4. The summed E-state index contributed by atoms with van der Waals surface area (Å²) in [6.45, 7) is 1.48. The van der Waals surface area contributed by atoms with Gasteiger partial charge < -0.3 is 4.98 Å². The standard InChI is InChI=1S/C11H8F3NO/c1-6-5-15-8-4-2-3-7(11(12,13)14)9(8)10(6)16/h2-5H,1H3,(H,15,16). The number of benzene rings is 1. The highest BCUT2D eigenvalue weighted by molar-refractivity contribution is 5.82. The van der Waals surface area contributed by atoms with E-state index < -0.39 is 17.2 Å². The van der Waals surface area contributed by atoms with Crippen molar-refractivity contribution in [1.29, 1.82) is 0 Å². The van der Waals surface area contributed by atoms with Gasteiger partial charge in [0.1, 0.15) is 0 Å². The van der Waals surface area contributed by atoms with E-state index in [2.05, 4.69) is 4.98 Å². The summed E-state index contributed by atoms with van der Waals surface area (Å²) in [6.07, 6.45) is -3.11. The molecule has 2 rings (SSSR count). The van der Waals surface area contributed by atoms with Crippen molar-refractivity contribution < 1.29 is 13.2 Å². The lowest BCUT2D eigenvalue weighted by atomic mass is 10.1. The number of pyridine rings is 1. The van der Waals surface area contributed by atoms with E-state index in [9.17, 15) is 18.0 Å². The highest BCUT2D eigenvalue weighted by Crippen LogP contribution is 2.32. The third kappa shape index (κ3) is 1.58. The van der Waals surface area contributed by atoms with Crippen molar-refractivity contribution in [2.45, 2.75) is 13.1 Å². The summed E-state index contributed by atoms with van der Waals surface area (Å²) in [5.41, 5.74) is -1.01. The molecule has 0 aliphatic heterocycles. The zero-order valence-corrected chi connectivity index (χ0v) is 8.35. The lowest BCUT2D eigenvalue weighted by molar-refractivity contribution is -0.136. The number of aromatic amines is 1. The molecule has 1 aromatic heterocycles. The number of hydrogen-bond donors (Lipinski definition) is 1. The average molecular weight is 227 g/mol. The van der Waals surface area contributed by atoms with Crippen molar-refractivity contribution in [2.75, 3.05) is 0 Å². The third-order valence-corrected chi connectivity index (χ3v) is 2.40. The number of fused-ring (bicyclic) bond motifs is 1. The largest absolute Gasteiger partial charge is 0.417 e. The Morgan fingerprint density at radius 2 is 1.94 bits per heavy atom. The normalized spacial score (nSPS) is 12.0. The van der Waals surface area contributed by atoms with E-state index in [1.807, 2.05) is 0 Å². The van der Waals surface area contributed by atoms with Crippen LogP contribution in [0.4, 0.5) is 13.2 Å². The minimum Gasteiger partial charge on any atom is -0.361 e. The SMILES string of the molecule is Cc1c[nH]c2cccc(C(F)(F)F)c2c1=O. The van der Waals surface area contributed by atoms with Gasteiger partial charge >= 0.3 is 6.18 Å². The van der Waals surface area contributed by atoms with E-state index in [1.165, 1.54) is 25.3 Å². The van der Waals surface area contributed by atoms with Crippen molar-refractivity contribution in [1.82, 2.24) is 4.98 Å². The van der Waals surface area contributed by atoms with Gasteiger partial charge in [0.15, 0.2) is 5.43 Å². The molecular formula is C11H8F3NO. The van der Waals surface area contributed by atoms with Gasteiger partial charge in [0, 0.05) is 17.3 Å². The Labute approximate surface area is 88.7 Å². The fourth-order valence-electron chi connectivity index (χ4n) is 1.60. The number of aromatic nitrogens is 1. The van der Waals surface area contributed by atoms with Crippen LogP contribution in [0.1, 0.15) is 11.1 Å². The van der Waals surface area contributed by atoms with Crippen LogP contribution in [0.3, 0.4) is 0 Å². The molecule has 0 unspecified atom stereocenters. The van der Waals surface area contributed by atoms with Crippen LogP contribution in [-0.4, -0.2) is 4.98 Å². The van der Waals surface area contributed by atoms with Gasteiger partial charge in [0.05, 0.1) is 10.9 Å². The maximum atomic E-state index is 12.7. The molecule has 2 nitrogen and oxygen atoms in total. The number of aryl methyl sites for hydroxylation is 1. The zero-order chi connectivity index (χ0) is 11.9. The minimum atomic E-state index is -4.51. The zero-order valence-electron chi connectivity index (χ0n) is 8.35. The Morgan fingerprint density at radius 1 is 1.25 bits per heavy atom. The summed E-state index contributed by atoms with van der Waals surface area (Å²) in [5, 5.41) is -0.296. The van der Waals surface area contributed by atoms with Gasteiger partial charge in [-0.25, -0.2) is 0 Å². The average Bonchev–Trinajstić information content (AvgIpc) is 2.21. The molecule has 0 atom stereocenters. The quantitative estimate of drug-likeness (QED) is 0.737. The summed E-state index contributed by atoms with van der Waals surface area (Å²) in [7, 11) is 0. The van der Waals surface area contributed by atoms with Crippen LogP contribution in [0.2, 0.25) is 0 Å². The lowest BCUT2D eigenvalue weighted by Gasteiger charge is -2.09. The third-order valence-electron chi connectivity index (χ3n) is 2.40. The first-order valence-electron chi connectivity index (χ1n) is 4.59. The predicted molar refractivity (Wildman–Crippen MR) is 54.3 cm³/mol. The second-order valence-corrected chi connectivity index (χ2v) is 3.53. The van der Waals surface area contributed by atoms with Crippen LogP contribution >= 0.6 is 0 Å². The van der Waals surface area contributed by atoms with Gasteiger partial charge in [-0.05, 0) is 19.1 Å². The summed E-state index contributed by atoms with van der Waals surface area (Å²) in [6, 6.07) is 3.64. The van der Waals surface area contributed by atoms with Gasteiger partial charge in [-0.1, -0.05) is 6.07 Å². The van der Waals surface area contributed by atoms with Gasteiger partial charge in [0.25, 0.3) is 0 Å². The molecule has 0 fully saturated rings. The fraction of sp³-hybridized carbons (Fsp3) is 0.182. The molecule has 0 spiro atoms. The molecule has 0 saturated carbocycles. The predicted octanol–water partition coefficient (Wildman–Crippen LogP) is 2.86. The number of alkyl halides is 3. The molecular weight excluding hydrogens is 219 g/mol. The second-order valence-electron chi connectivity index (χ2n) is 3.53. The molecule has 5 heteroatoms. The summed E-state index contributed by atoms with van der Waals surface area (Å²) in [5.74, 6) is 0.